The van der Waals surface area contributed by atoms with Gasteiger partial charge in [0, 0.05) is 6.42 Å². The normalized spacial score (nSPS) is 16.9. The number of aryl methyl sites for hydroxylation is 1. The van der Waals surface area contributed by atoms with Gasteiger partial charge in [0.15, 0.2) is 0 Å². The van der Waals surface area contributed by atoms with Crippen molar-refractivity contribution in [1.29, 1.82) is 0 Å². The van der Waals surface area contributed by atoms with Gasteiger partial charge in [0.25, 0.3) is 0 Å². The molecule has 10 heavy (non-hydrogen) atoms. The van der Waals surface area contributed by atoms with Gasteiger partial charge >= 0.3 is 0 Å². The molecule has 0 atom stereocenters. The Hall–Kier alpha value is -0.410. The first-order valence-corrected chi connectivity index (χ1v) is 4.45. The molecule has 1 aliphatic rings. The van der Waals surface area contributed by atoms with E-state index in [2.05, 4.69) is 17.2 Å². The van der Waals surface area contributed by atoms with Gasteiger partial charge in [-0.05, 0) is 6.92 Å². The minimum absolute atomic E-state index is 1.15. The standard InChI is InChI=1S/C7H10N2S/c1-5-9-6-2-3-8-4-7(6)10-5/h8H,2-4H2,1H3/p+1. The van der Waals surface area contributed by atoms with Gasteiger partial charge in [-0.1, -0.05) is 0 Å². The lowest BCUT2D eigenvalue weighted by Crippen LogP contribution is -2.84. The van der Waals surface area contributed by atoms with E-state index in [0.29, 0.717) is 0 Å². The molecule has 2 heterocycles. The molecule has 0 radical (unpaired) electrons. The van der Waals surface area contributed by atoms with Gasteiger partial charge in [-0.15, -0.1) is 11.3 Å². The van der Waals surface area contributed by atoms with Crippen LogP contribution in [0.5, 0.6) is 0 Å². The third kappa shape index (κ3) is 0.954. The average molecular weight is 155 g/mol. The van der Waals surface area contributed by atoms with Crippen LogP contribution >= 0.6 is 11.3 Å². The Morgan fingerprint density at radius 2 is 2.50 bits per heavy atom. The van der Waals surface area contributed by atoms with Crippen LogP contribution in [0, 0.1) is 6.92 Å². The molecule has 2 nitrogen and oxygen atoms in total. The summed E-state index contributed by atoms with van der Waals surface area (Å²) in [6, 6.07) is 0. The third-order valence-corrected chi connectivity index (χ3v) is 2.84. The highest BCUT2D eigenvalue weighted by Crippen LogP contribution is 2.18. The van der Waals surface area contributed by atoms with E-state index in [1.165, 1.54) is 28.5 Å². The Bertz CT molecular complexity index is 218. The molecule has 1 aliphatic heterocycles. The monoisotopic (exact) mass is 155 g/mol. The molecule has 0 saturated heterocycles. The fourth-order valence-corrected chi connectivity index (χ4v) is 2.32. The van der Waals surface area contributed by atoms with E-state index >= 15 is 0 Å². The summed E-state index contributed by atoms with van der Waals surface area (Å²) in [5.74, 6) is 0. The van der Waals surface area contributed by atoms with Gasteiger partial charge < -0.3 is 5.32 Å². The van der Waals surface area contributed by atoms with Crippen LogP contribution in [0.3, 0.4) is 0 Å². The SMILES string of the molecule is Cc1nc2c(s1)C[NH2+]CC2. The molecule has 1 aromatic heterocycles. The molecule has 0 aromatic carbocycles. The van der Waals surface area contributed by atoms with Crippen LogP contribution in [-0.4, -0.2) is 11.5 Å². The number of thiazole rings is 1. The van der Waals surface area contributed by atoms with Crippen molar-refractivity contribution in [1.82, 2.24) is 4.98 Å². The van der Waals surface area contributed by atoms with Crippen LogP contribution < -0.4 is 5.32 Å². The zero-order valence-electron chi connectivity index (χ0n) is 6.05. The van der Waals surface area contributed by atoms with Gasteiger partial charge in [0.05, 0.1) is 22.1 Å². The topological polar surface area (TPSA) is 29.5 Å². The minimum atomic E-state index is 1.15. The highest BCUT2D eigenvalue weighted by Gasteiger charge is 2.14. The summed E-state index contributed by atoms with van der Waals surface area (Å²) in [5.41, 5.74) is 1.35. The summed E-state index contributed by atoms with van der Waals surface area (Å²) in [7, 11) is 0. The molecule has 0 spiro atoms. The second-order valence-electron chi connectivity index (χ2n) is 2.63. The van der Waals surface area contributed by atoms with E-state index in [0.717, 1.165) is 6.54 Å². The van der Waals surface area contributed by atoms with Crippen molar-refractivity contribution in [2.45, 2.75) is 19.9 Å². The zero-order chi connectivity index (χ0) is 6.97. The van der Waals surface area contributed by atoms with Gasteiger partial charge in [0.1, 0.15) is 6.54 Å². The van der Waals surface area contributed by atoms with Gasteiger partial charge in [-0.2, -0.15) is 0 Å². The largest absolute Gasteiger partial charge is 0.341 e. The van der Waals surface area contributed by atoms with Crippen LogP contribution in [0.1, 0.15) is 15.6 Å². The molecule has 0 unspecified atom stereocenters. The summed E-state index contributed by atoms with van der Waals surface area (Å²) in [5, 5.41) is 3.57. The van der Waals surface area contributed by atoms with E-state index in [1.807, 2.05) is 11.3 Å². The number of rotatable bonds is 0. The van der Waals surface area contributed by atoms with Crippen LogP contribution in [0.2, 0.25) is 0 Å². The Labute approximate surface area is 64.3 Å². The maximum absolute atomic E-state index is 4.45. The summed E-state index contributed by atoms with van der Waals surface area (Å²) in [6.07, 6.45) is 1.17. The lowest BCUT2D eigenvalue weighted by Gasteiger charge is -2.06. The molecule has 0 fully saturated rings. The summed E-state index contributed by atoms with van der Waals surface area (Å²) >= 11 is 1.85. The highest BCUT2D eigenvalue weighted by molar-refractivity contribution is 7.11. The summed E-state index contributed by atoms with van der Waals surface area (Å²) < 4.78 is 0. The van der Waals surface area contributed by atoms with Crippen molar-refractivity contribution in [3.05, 3.63) is 15.6 Å². The number of aromatic nitrogens is 1. The Balaban J connectivity index is 2.41. The summed E-state index contributed by atoms with van der Waals surface area (Å²) in [4.78, 5) is 5.94. The van der Waals surface area contributed by atoms with E-state index in [-0.39, 0.29) is 0 Å². The number of fused-ring (bicyclic) bond motifs is 1. The maximum Gasteiger partial charge on any atom is 0.112 e. The molecule has 3 heteroatoms. The number of hydrogen-bond donors (Lipinski definition) is 1. The van der Waals surface area contributed by atoms with Gasteiger partial charge in [0.2, 0.25) is 0 Å². The van der Waals surface area contributed by atoms with Crippen LogP contribution in [0.4, 0.5) is 0 Å². The van der Waals surface area contributed by atoms with E-state index in [4.69, 9.17) is 0 Å². The molecule has 54 valence electrons. The predicted molar refractivity (Wildman–Crippen MR) is 41.1 cm³/mol. The lowest BCUT2D eigenvalue weighted by molar-refractivity contribution is -0.673. The zero-order valence-corrected chi connectivity index (χ0v) is 6.87. The second-order valence-corrected chi connectivity index (χ2v) is 3.92. The molecule has 0 saturated carbocycles. The Morgan fingerprint density at radius 3 is 3.30 bits per heavy atom. The average Bonchev–Trinajstić information content (AvgIpc) is 2.27. The molecule has 0 aliphatic carbocycles. The van der Waals surface area contributed by atoms with E-state index in [1.54, 1.807) is 0 Å². The van der Waals surface area contributed by atoms with Crippen molar-refractivity contribution >= 4 is 11.3 Å². The first-order valence-electron chi connectivity index (χ1n) is 3.63. The minimum Gasteiger partial charge on any atom is -0.341 e. The first-order chi connectivity index (χ1) is 4.86. The Morgan fingerprint density at radius 1 is 1.60 bits per heavy atom. The predicted octanol–water partition coefficient (Wildman–Crippen LogP) is 0.0710. The van der Waals surface area contributed by atoms with Crippen molar-refractivity contribution < 1.29 is 5.32 Å². The molecule has 0 amide bonds. The van der Waals surface area contributed by atoms with Crippen LogP contribution in [-0.2, 0) is 13.0 Å². The molecule has 0 bridgehead atoms. The van der Waals surface area contributed by atoms with Crippen LogP contribution in [0.25, 0.3) is 0 Å². The summed E-state index contributed by atoms with van der Waals surface area (Å²) in [6.45, 7) is 4.46. The molecule has 1 aromatic rings. The number of quaternary nitrogens is 1. The second kappa shape index (κ2) is 2.32. The van der Waals surface area contributed by atoms with E-state index < -0.39 is 0 Å². The number of hydrogen-bond acceptors (Lipinski definition) is 2. The third-order valence-electron chi connectivity index (χ3n) is 1.80. The van der Waals surface area contributed by atoms with Gasteiger partial charge in [-0.25, -0.2) is 4.98 Å². The molecular formula is C7H11N2S+. The van der Waals surface area contributed by atoms with Crippen molar-refractivity contribution in [3.63, 3.8) is 0 Å². The van der Waals surface area contributed by atoms with E-state index in [9.17, 15) is 0 Å². The van der Waals surface area contributed by atoms with Crippen molar-refractivity contribution in [3.8, 4) is 0 Å². The Kier molecular flexibility index (Phi) is 1.47. The molecule has 2 N–H and O–H groups in total. The van der Waals surface area contributed by atoms with Crippen LogP contribution in [0.15, 0.2) is 0 Å². The quantitative estimate of drug-likeness (QED) is 0.564. The molecule has 2 rings (SSSR count). The highest BCUT2D eigenvalue weighted by atomic mass is 32.1. The maximum atomic E-state index is 4.45. The molecular weight excluding hydrogens is 144 g/mol. The van der Waals surface area contributed by atoms with Gasteiger partial charge in [-0.3, -0.25) is 0 Å². The fraction of sp³-hybridized carbons (Fsp3) is 0.571. The number of nitrogens with zero attached hydrogens (tertiary/aromatic N) is 1. The smallest absolute Gasteiger partial charge is 0.112 e. The van der Waals surface area contributed by atoms with Crippen molar-refractivity contribution in [2.75, 3.05) is 6.54 Å². The fourth-order valence-electron chi connectivity index (χ4n) is 1.34. The lowest BCUT2D eigenvalue weighted by atomic mass is 10.2. The first kappa shape index (κ1) is 6.31. The van der Waals surface area contributed by atoms with Crippen molar-refractivity contribution in [2.24, 2.45) is 0 Å². The number of nitrogens with two attached hydrogens (primary N) is 1.